The van der Waals surface area contributed by atoms with Gasteiger partial charge < -0.3 is 4.74 Å². The molecule has 0 aromatic carbocycles. The number of esters is 1. The zero-order valence-electron chi connectivity index (χ0n) is 10.5. The van der Waals surface area contributed by atoms with Gasteiger partial charge in [0.05, 0.1) is 0 Å². The number of carbonyl (C=O) groups excluding carboxylic acids is 2. The number of ketones is 1. The summed E-state index contributed by atoms with van der Waals surface area (Å²) in [5, 5.41) is 0. The van der Waals surface area contributed by atoms with Gasteiger partial charge in [-0.25, -0.2) is 4.79 Å². The average Bonchev–Trinajstić information content (AvgIpc) is 2.40. The Morgan fingerprint density at radius 1 is 0.765 bits per heavy atom. The van der Waals surface area contributed by atoms with E-state index in [0.717, 1.165) is 51.4 Å². The topological polar surface area (TPSA) is 43.4 Å². The Kier molecular flexibility index (Phi) is 4.57. The lowest BCUT2D eigenvalue weighted by Crippen LogP contribution is -2.31. The fourth-order valence-electron chi connectivity index (χ4n) is 2.92. The predicted octanol–water partition coefficient (Wildman–Crippen LogP) is 3.01. The van der Waals surface area contributed by atoms with Crippen LogP contribution in [-0.4, -0.2) is 17.9 Å². The van der Waals surface area contributed by atoms with Crippen molar-refractivity contribution in [3.8, 4) is 0 Å². The average molecular weight is 238 g/mol. The molecule has 0 saturated heterocycles. The lowest BCUT2D eigenvalue weighted by Gasteiger charge is -2.23. The van der Waals surface area contributed by atoms with Crippen LogP contribution in [-0.2, 0) is 14.3 Å². The number of hydrogen-bond donors (Lipinski definition) is 0. The fourth-order valence-corrected chi connectivity index (χ4v) is 2.92. The molecule has 3 nitrogen and oxygen atoms in total. The van der Waals surface area contributed by atoms with Crippen molar-refractivity contribution >= 4 is 11.8 Å². The van der Waals surface area contributed by atoms with Gasteiger partial charge in [0, 0.05) is 5.92 Å². The van der Waals surface area contributed by atoms with E-state index in [4.69, 9.17) is 4.74 Å². The first-order chi connectivity index (χ1) is 8.27. The number of rotatable bonds is 3. The molecule has 0 aromatic heterocycles. The lowest BCUT2D eigenvalue weighted by molar-refractivity contribution is -0.161. The fraction of sp³-hybridized carbons (Fsp3) is 0.857. The second-order valence-corrected chi connectivity index (χ2v) is 5.36. The molecule has 0 N–H and O–H groups in total. The van der Waals surface area contributed by atoms with Crippen LogP contribution in [0.5, 0.6) is 0 Å². The molecule has 3 heteroatoms. The predicted molar refractivity (Wildman–Crippen MR) is 64.5 cm³/mol. The van der Waals surface area contributed by atoms with Crippen molar-refractivity contribution in [2.75, 3.05) is 0 Å². The summed E-state index contributed by atoms with van der Waals surface area (Å²) in [4.78, 5) is 23.6. The zero-order chi connectivity index (χ0) is 12.1. The first-order valence-corrected chi connectivity index (χ1v) is 7.02. The highest BCUT2D eigenvalue weighted by atomic mass is 16.5. The van der Waals surface area contributed by atoms with E-state index in [0.29, 0.717) is 0 Å². The van der Waals surface area contributed by atoms with Crippen molar-refractivity contribution in [2.24, 2.45) is 5.92 Å². The van der Waals surface area contributed by atoms with Gasteiger partial charge >= 0.3 is 5.97 Å². The number of ether oxygens (including phenoxy) is 1. The molecule has 0 aromatic rings. The highest BCUT2D eigenvalue weighted by Gasteiger charge is 2.30. The van der Waals surface area contributed by atoms with Crippen LogP contribution in [0.1, 0.15) is 64.2 Å². The van der Waals surface area contributed by atoms with Gasteiger partial charge in [-0.1, -0.05) is 25.7 Å². The summed E-state index contributed by atoms with van der Waals surface area (Å²) < 4.78 is 5.32. The second kappa shape index (κ2) is 6.18. The monoisotopic (exact) mass is 238 g/mol. The van der Waals surface area contributed by atoms with Crippen molar-refractivity contribution in [1.82, 2.24) is 0 Å². The summed E-state index contributed by atoms with van der Waals surface area (Å²) >= 11 is 0. The van der Waals surface area contributed by atoms with Crippen LogP contribution in [0.25, 0.3) is 0 Å². The molecule has 0 atom stereocenters. The van der Waals surface area contributed by atoms with Gasteiger partial charge in [-0.3, -0.25) is 4.79 Å². The Hall–Kier alpha value is -0.860. The maximum atomic E-state index is 11.9. The van der Waals surface area contributed by atoms with E-state index < -0.39 is 5.97 Å². The van der Waals surface area contributed by atoms with Crippen molar-refractivity contribution in [2.45, 2.75) is 70.3 Å². The van der Waals surface area contributed by atoms with Crippen molar-refractivity contribution in [3.05, 3.63) is 0 Å². The van der Waals surface area contributed by atoms with Gasteiger partial charge in [0.1, 0.15) is 6.10 Å². The molecular weight excluding hydrogens is 216 g/mol. The first-order valence-electron chi connectivity index (χ1n) is 7.02. The molecule has 0 aliphatic heterocycles. The summed E-state index contributed by atoms with van der Waals surface area (Å²) in [6.45, 7) is 0. The highest BCUT2D eigenvalue weighted by molar-refractivity contribution is 6.34. The molecular formula is C14H22O3. The Balaban J connectivity index is 1.79. The van der Waals surface area contributed by atoms with Gasteiger partial charge in [-0.2, -0.15) is 0 Å². The lowest BCUT2D eigenvalue weighted by atomic mass is 9.86. The molecule has 2 fully saturated rings. The van der Waals surface area contributed by atoms with E-state index in [2.05, 4.69) is 0 Å². The van der Waals surface area contributed by atoms with Crippen molar-refractivity contribution in [1.29, 1.82) is 0 Å². The SMILES string of the molecule is O=C(OC1CCCCC1)C(=O)C1CCCCC1. The number of carbonyl (C=O) groups is 2. The molecule has 96 valence electrons. The Labute approximate surface area is 103 Å². The molecule has 0 spiro atoms. The third-order valence-electron chi connectivity index (χ3n) is 4.00. The van der Waals surface area contributed by atoms with Crippen molar-refractivity contribution < 1.29 is 14.3 Å². The van der Waals surface area contributed by atoms with E-state index >= 15 is 0 Å². The Bertz CT molecular complexity index is 273. The molecule has 2 rings (SSSR count). The van der Waals surface area contributed by atoms with Gasteiger partial charge in [0.2, 0.25) is 5.78 Å². The van der Waals surface area contributed by atoms with Crippen LogP contribution in [0.3, 0.4) is 0 Å². The molecule has 0 bridgehead atoms. The van der Waals surface area contributed by atoms with Gasteiger partial charge in [-0.05, 0) is 38.5 Å². The minimum Gasteiger partial charge on any atom is -0.457 e. The smallest absolute Gasteiger partial charge is 0.375 e. The minimum atomic E-state index is -0.566. The molecule has 2 aliphatic carbocycles. The molecule has 2 saturated carbocycles. The maximum absolute atomic E-state index is 11.9. The summed E-state index contributed by atoms with van der Waals surface area (Å²) in [5.74, 6) is -0.890. The van der Waals surface area contributed by atoms with E-state index in [9.17, 15) is 9.59 Å². The van der Waals surface area contributed by atoms with Crippen LogP contribution in [0.2, 0.25) is 0 Å². The Morgan fingerprint density at radius 2 is 1.29 bits per heavy atom. The van der Waals surface area contributed by atoms with Crippen LogP contribution in [0.15, 0.2) is 0 Å². The highest BCUT2D eigenvalue weighted by Crippen LogP contribution is 2.26. The minimum absolute atomic E-state index is 0.00351. The normalized spacial score (nSPS) is 23.3. The molecule has 17 heavy (non-hydrogen) atoms. The van der Waals surface area contributed by atoms with E-state index in [-0.39, 0.29) is 17.8 Å². The zero-order valence-corrected chi connectivity index (χ0v) is 10.5. The molecule has 0 unspecified atom stereocenters. The second-order valence-electron chi connectivity index (χ2n) is 5.36. The molecule has 0 amide bonds. The van der Waals surface area contributed by atoms with Crippen LogP contribution in [0, 0.1) is 5.92 Å². The first kappa shape index (κ1) is 12.6. The summed E-state index contributed by atoms with van der Waals surface area (Å²) in [5.41, 5.74) is 0. The van der Waals surface area contributed by atoms with Crippen LogP contribution >= 0.6 is 0 Å². The van der Waals surface area contributed by atoms with E-state index in [1.54, 1.807) is 0 Å². The number of Topliss-reactive ketones (excluding diaryl/α,β-unsaturated/α-hetero) is 1. The van der Waals surface area contributed by atoms with Gasteiger partial charge in [0.25, 0.3) is 0 Å². The molecule has 0 heterocycles. The van der Waals surface area contributed by atoms with Crippen LogP contribution < -0.4 is 0 Å². The number of hydrogen-bond acceptors (Lipinski definition) is 3. The maximum Gasteiger partial charge on any atom is 0.375 e. The van der Waals surface area contributed by atoms with Crippen molar-refractivity contribution in [3.63, 3.8) is 0 Å². The van der Waals surface area contributed by atoms with Crippen LogP contribution in [0.4, 0.5) is 0 Å². The van der Waals surface area contributed by atoms with Gasteiger partial charge in [0.15, 0.2) is 0 Å². The van der Waals surface area contributed by atoms with E-state index in [1.165, 1.54) is 12.8 Å². The standard InChI is InChI=1S/C14H22O3/c15-13(11-7-3-1-4-8-11)14(16)17-12-9-5-2-6-10-12/h11-12H,1-10H2. The third kappa shape index (κ3) is 3.55. The largest absolute Gasteiger partial charge is 0.457 e. The third-order valence-corrected chi connectivity index (χ3v) is 4.00. The summed E-state index contributed by atoms with van der Waals surface area (Å²) in [6.07, 6.45) is 10.4. The van der Waals surface area contributed by atoms with Gasteiger partial charge in [-0.15, -0.1) is 0 Å². The molecule has 2 aliphatic rings. The summed E-state index contributed by atoms with van der Waals surface area (Å²) in [7, 11) is 0. The molecule has 0 radical (unpaired) electrons. The quantitative estimate of drug-likeness (QED) is 0.560. The Morgan fingerprint density at radius 3 is 1.88 bits per heavy atom. The van der Waals surface area contributed by atoms with E-state index in [1.807, 2.05) is 0 Å². The summed E-state index contributed by atoms with van der Waals surface area (Å²) in [6, 6.07) is 0.